The Morgan fingerprint density at radius 3 is 2.64 bits per heavy atom. The molecular formula is C22H31N3O3. The van der Waals surface area contributed by atoms with Gasteiger partial charge in [0.2, 0.25) is 0 Å². The molecule has 6 nitrogen and oxygen atoms in total. The second-order valence-corrected chi connectivity index (χ2v) is 7.81. The molecule has 1 amide bonds. The summed E-state index contributed by atoms with van der Waals surface area (Å²) < 4.78 is 0. The van der Waals surface area contributed by atoms with E-state index in [0.29, 0.717) is 12.0 Å². The number of nitrogens with zero attached hydrogens (tertiary/aromatic N) is 1. The lowest BCUT2D eigenvalue weighted by atomic mass is 9.89. The van der Waals surface area contributed by atoms with E-state index in [0.717, 1.165) is 48.2 Å². The highest BCUT2D eigenvalue weighted by Crippen LogP contribution is 2.25. The van der Waals surface area contributed by atoms with E-state index in [1.807, 2.05) is 31.2 Å². The minimum atomic E-state index is -0.810. The van der Waals surface area contributed by atoms with Crippen molar-refractivity contribution in [2.24, 2.45) is 5.92 Å². The summed E-state index contributed by atoms with van der Waals surface area (Å²) in [4.78, 5) is 12.8. The van der Waals surface area contributed by atoms with E-state index in [1.54, 1.807) is 0 Å². The van der Waals surface area contributed by atoms with Crippen molar-refractivity contribution in [3.63, 3.8) is 0 Å². The van der Waals surface area contributed by atoms with Gasteiger partial charge in [-0.15, -0.1) is 0 Å². The highest BCUT2D eigenvalue weighted by Gasteiger charge is 2.23. The van der Waals surface area contributed by atoms with Crippen molar-refractivity contribution < 1.29 is 15.0 Å². The molecule has 0 spiro atoms. The van der Waals surface area contributed by atoms with Crippen molar-refractivity contribution in [1.82, 2.24) is 15.5 Å². The number of nitrogens with one attached hydrogen (secondary N) is 2. The smallest absolute Gasteiger partial charge is 0.253 e. The maximum Gasteiger partial charge on any atom is 0.253 e. The Bertz CT molecular complexity index is 779. The zero-order valence-electron chi connectivity index (χ0n) is 16.6. The molecule has 1 saturated carbocycles. The fraction of sp³-hybridized carbons (Fsp3) is 0.545. The number of rotatable bonds is 6. The Morgan fingerprint density at radius 2 is 1.93 bits per heavy atom. The lowest BCUT2D eigenvalue weighted by molar-refractivity contribution is 0.0497. The zero-order valence-corrected chi connectivity index (χ0v) is 16.6. The van der Waals surface area contributed by atoms with Crippen LogP contribution in [0.4, 0.5) is 0 Å². The van der Waals surface area contributed by atoms with Gasteiger partial charge in [-0.2, -0.15) is 5.10 Å². The maximum atomic E-state index is 12.8. The van der Waals surface area contributed by atoms with Crippen LogP contribution in [0, 0.1) is 12.8 Å². The van der Waals surface area contributed by atoms with Crippen LogP contribution >= 0.6 is 0 Å². The highest BCUT2D eigenvalue weighted by atomic mass is 16.3. The maximum absolute atomic E-state index is 12.8. The van der Waals surface area contributed by atoms with Gasteiger partial charge in [0.1, 0.15) is 6.23 Å². The number of aromatic amines is 1. The molecule has 0 radical (unpaired) electrons. The first kappa shape index (κ1) is 20.6. The van der Waals surface area contributed by atoms with E-state index in [1.165, 1.54) is 19.3 Å². The van der Waals surface area contributed by atoms with Crippen LogP contribution in [-0.2, 0) is 6.42 Å². The Kier molecular flexibility index (Phi) is 7.23. The van der Waals surface area contributed by atoms with Gasteiger partial charge in [-0.25, -0.2) is 0 Å². The predicted octanol–water partition coefficient (Wildman–Crippen LogP) is 3.33. The van der Waals surface area contributed by atoms with E-state index < -0.39 is 6.23 Å². The number of H-pyrrole nitrogens is 1. The molecule has 6 heteroatoms. The Balaban J connectivity index is 1.71. The van der Waals surface area contributed by atoms with E-state index in [2.05, 4.69) is 15.5 Å². The molecule has 1 aromatic heterocycles. The van der Waals surface area contributed by atoms with Crippen molar-refractivity contribution in [3.05, 3.63) is 41.1 Å². The van der Waals surface area contributed by atoms with Gasteiger partial charge in [0.15, 0.2) is 0 Å². The molecule has 4 N–H and O–H groups in total. The minimum absolute atomic E-state index is 0.0578. The van der Waals surface area contributed by atoms with Gasteiger partial charge in [0.25, 0.3) is 5.91 Å². The van der Waals surface area contributed by atoms with Gasteiger partial charge in [-0.05, 0) is 37.5 Å². The lowest BCUT2D eigenvalue weighted by Crippen LogP contribution is -2.40. The van der Waals surface area contributed by atoms with Gasteiger partial charge >= 0.3 is 0 Å². The van der Waals surface area contributed by atoms with Gasteiger partial charge in [-0.1, -0.05) is 44.2 Å². The summed E-state index contributed by atoms with van der Waals surface area (Å²) in [6, 6.07) is 7.52. The molecule has 1 aromatic carbocycles. The van der Waals surface area contributed by atoms with Gasteiger partial charge < -0.3 is 15.5 Å². The van der Waals surface area contributed by atoms with Crippen LogP contribution in [0.1, 0.15) is 66.6 Å². The summed E-state index contributed by atoms with van der Waals surface area (Å²) in [5.74, 6) is -0.125. The van der Waals surface area contributed by atoms with Gasteiger partial charge in [0.05, 0.1) is 5.69 Å². The third-order valence-corrected chi connectivity index (χ3v) is 5.67. The average molecular weight is 386 g/mol. The zero-order chi connectivity index (χ0) is 19.9. The van der Waals surface area contributed by atoms with Crippen molar-refractivity contribution in [3.8, 4) is 11.3 Å². The van der Waals surface area contributed by atoms with Crippen molar-refractivity contribution in [2.75, 3.05) is 6.61 Å². The number of aliphatic hydroxyl groups is 2. The molecule has 2 aromatic rings. The molecule has 1 unspecified atom stereocenters. The molecule has 1 aliphatic carbocycles. The van der Waals surface area contributed by atoms with Crippen molar-refractivity contribution in [2.45, 2.75) is 64.5 Å². The predicted molar refractivity (Wildman–Crippen MR) is 109 cm³/mol. The Morgan fingerprint density at radius 1 is 1.21 bits per heavy atom. The van der Waals surface area contributed by atoms with Gasteiger partial charge in [-0.3, -0.25) is 9.89 Å². The van der Waals surface area contributed by atoms with Gasteiger partial charge in [0, 0.05) is 35.8 Å². The number of hydrogen-bond acceptors (Lipinski definition) is 4. The Hall–Kier alpha value is -2.18. The van der Waals surface area contributed by atoms with Crippen LogP contribution in [0.5, 0.6) is 0 Å². The molecule has 0 saturated heterocycles. The summed E-state index contributed by atoms with van der Waals surface area (Å²) >= 11 is 0. The van der Waals surface area contributed by atoms with Crippen LogP contribution in [0.3, 0.4) is 0 Å². The molecule has 1 aliphatic rings. The topological polar surface area (TPSA) is 98.2 Å². The molecule has 28 heavy (non-hydrogen) atoms. The molecule has 1 atom stereocenters. The number of aryl methyl sites for hydroxylation is 1. The van der Waals surface area contributed by atoms with Crippen LogP contribution in [0.2, 0.25) is 0 Å². The SMILES string of the molecule is Cc1ccc(-c2cc(CCO)[nH]n2)cc1C(=O)NC(O)C1CCCCCCC1. The first-order valence-electron chi connectivity index (χ1n) is 10.3. The second kappa shape index (κ2) is 9.85. The number of aromatic nitrogens is 2. The summed E-state index contributed by atoms with van der Waals surface area (Å²) in [6.07, 6.45) is 7.54. The normalized spacial score (nSPS) is 17.0. The first-order chi connectivity index (χ1) is 13.6. The standard InChI is InChI=1S/C22H31N3O3/c1-15-9-10-17(20-14-18(11-12-26)24-25-20)13-19(15)22(28)23-21(27)16-7-5-3-2-4-6-8-16/h9-10,13-14,16,21,26-27H,2-8,11-12H2,1H3,(H,23,28)(H,24,25). The van der Waals surface area contributed by atoms with Crippen LogP contribution in [0.15, 0.2) is 24.3 Å². The van der Waals surface area contributed by atoms with E-state index in [9.17, 15) is 9.90 Å². The molecule has 0 aliphatic heterocycles. The molecule has 3 rings (SSSR count). The fourth-order valence-electron chi connectivity index (χ4n) is 3.92. The van der Waals surface area contributed by atoms with Crippen molar-refractivity contribution >= 4 is 5.91 Å². The third kappa shape index (κ3) is 5.20. The van der Waals surface area contributed by atoms with Crippen LogP contribution in [-0.4, -0.2) is 39.2 Å². The first-order valence-corrected chi connectivity index (χ1v) is 10.3. The number of carbonyl (C=O) groups is 1. The molecule has 1 fully saturated rings. The molecule has 1 heterocycles. The van der Waals surface area contributed by atoms with Crippen LogP contribution < -0.4 is 5.32 Å². The minimum Gasteiger partial charge on any atom is -0.396 e. The summed E-state index contributed by atoms with van der Waals surface area (Å²) in [6.45, 7) is 1.95. The number of carbonyl (C=O) groups excluding carboxylic acids is 1. The molecular weight excluding hydrogens is 354 g/mol. The number of benzene rings is 1. The number of amides is 1. The summed E-state index contributed by atoms with van der Waals surface area (Å²) in [7, 11) is 0. The Labute approximate surface area is 166 Å². The molecule has 152 valence electrons. The average Bonchev–Trinajstić information content (AvgIpc) is 3.10. The number of aliphatic hydroxyl groups excluding tert-OH is 2. The monoisotopic (exact) mass is 385 g/mol. The van der Waals surface area contributed by atoms with Crippen molar-refractivity contribution in [1.29, 1.82) is 0 Å². The second-order valence-electron chi connectivity index (χ2n) is 7.81. The van der Waals surface area contributed by atoms with E-state index in [4.69, 9.17) is 5.11 Å². The highest BCUT2D eigenvalue weighted by molar-refractivity contribution is 5.96. The van der Waals surface area contributed by atoms with E-state index >= 15 is 0 Å². The largest absolute Gasteiger partial charge is 0.396 e. The van der Waals surface area contributed by atoms with E-state index in [-0.39, 0.29) is 18.4 Å². The quantitative estimate of drug-likeness (QED) is 0.573. The fourth-order valence-corrected chi connectivity index (χ4v) is 3.92. The lowest BCUT2D eigenvalue weighted by Gasteiger charge is -2.25. The number of hydrogen-bond donors (Lipinski definition) is 4. The molecule has 0 bridgehead atoms. The third-order valence-electron chi connectivity index (χ3n) is 5.67. The van der Waals surface area contributed by atoms with Crippen LogP contribution in [0.25, 0.3) is 11.3 Å². The summed E-state index contributed by atoms with van der Waals surface area (Å²) in [5, 5.41) is 29.6. The summed E-state index contributed by atoms with van der Waals surface area (Å²) in [5.41, 5.74) is 3.82.